The molecule has 4 heteroatoms. The third kappa shape index (κ3) is 4.28. The van der Waals surface area contributed by atoms with Crippen LogP contribution in [0.5, 0.6) is 0 Å². The smallest absolute Gasteiger partial charge is 0.224 e. The summed E-state index contributed by atoms with van der Waals surface area (Å²) >= 11 is 0. The van der Waals surface area contributed by atoms with Crippen molar-refractivity contribution >= 4 is 16.8 Å². The normalized spacial score (nSPS) is 11.2. The van der Waals surface area contributed by atoms with Gasteiger partial charge in [0.05, 0.1) is 6.42 Å². The first-order chi connectivity index (χ1) is 12.0. The van der Waals surface area contributed by atoms with Crippen molar-refractivity contribution < 1.29 is 4.79 Å². The van der Waals surface area contributed by atoms with E-state index in [0.717, 1.165) is 23.0 Å². The zero-order valence-corrected chi connectivity index (χ0v) is 15.1. The molecule has 0 spiro atoms. The molecule has 25 heavy (non-hydrogen) atoms. The lowest BCUT2D eigenvalue weighted by Crippen LogP contribution is -2.25. The minimum absolute atomic E-state index is 0.0427. The van der Waals surface area contributed by atoms with E-state index >= 15 is 0 Å². The second-order valence-corrected chi connectivity index (χ2v) is 6.82. The minimum Gasteiger partial charge on any atom is -0.361 e. The van der Waals surface area contributed by atoms with E-state index in [4.69, 9.17) is 0 Å². The van der Waals surface area contributed by atoms with E-state index in [-0.39, 0.29) is 5.91 Å². The highest BCUT2D eigenvalue weighted by Crippen LogP contribution is 2.20. The Morgan fingerprint density at radius 2 is 1.84 bits per heavy atom. The average Bonchev–Trinajstić information content (AvgIpc) is 2.95. The quantitative estimate of drug-likeness (QED) is 0.725. The highest BCUT2D eigenvalue weighted by molar-refractivity contribution is 5.89. The first kappa shape index (κ1) is 17.2. The van der Waals surface area contributed by atoms with Crippen molar-refractivity contribution in [3.05, 3.63) is 70.9 Å². The van der Waals surface area contributed by atoms with Gasteiger partial charge in [-0.05, 0) is 49.3 Å². The van der Waals surface area contributed by atoms with Gasteiger partial charge < -0.3 is 15.2 Å². The zero-order valence-electron chi connectivity index (χ0n) is 15.1. The number of aryl methyl sites for hydroxylation is 1. The summed E-state index contributed by atoms with van der Waals surface area (Å²) in [5, 5.41) is 4.17. The van der Waals surface area contributed by atoms with Crippen molar-refractivity contribution in [3.63, 3.8) is 0 Å². The number of amides is 1. The molecule has 0 aliphatic rings. The fourth-order valence-electron chi connectivity index (χ4n) is 3.10. The van der Waals surface area contributed by atoms with Crippen molar-refractivity contribution in [2.24, 2.45) is 0 Å². The number of H-pyrrole nitrogens is 1. The van der Waals surface area contributed by atoms with Gasteiger partial charge in [0.15, 0.2) is 0 Å². The number of nitrogens with one attached hydrogen (secondary N) is 2. The molecule has 1 heterocycles. The number of aromatic amines is 1. The van der Waals surface area contributed by atoms with Crippen LogP contribution in [0.4, 0.5) is 0 Å². The van der Waals surface area contributed by atoms with E-state index < -0.39 is 0 Å². The van der Waals surface area contributed by atoms with Crippen LogP contribution in [-0.4, -0.2) is 29.9 Å². The number of rotatable bonds is 6. The maximum absolute atomic E-state index is 12.4. The third-order valence-electron chi connectivity index (χ3n) is 4.35. The lowest BCUT2D eigenvalue weighted by Gasteiger charge is -2.14. The molecule has 130 valence electrons. The zero-order chi connectivity index (χ0) is 17.8. The van der Waals surface area contributed by atoms with Gasteiger partial charge >= 0.3 is 0 Å². The molecule has 1 aromatic heterocycles. The molecular formula is C21H25N3O. The fourth-order valence-corrected chi connectivity index (χ4v) is 3.10. The Kier molecular flexibility index (Phi) is 5.19. The van der Waals surface area contributed by atoms with E-state index in [0.29, 0.717) is 13.0 Å². The molecule has 3 rings (SSSR count). The number of nitrogens with zero attached hydrogens (tertiary/aromatic N) is 1. The van der Waals surface area contributed by atoms with Crippen LogP contribution in [0, 0.1) is 6.92 Å². The number of hydrogen-bond acceptors (Lipinski definition) is 2. The predicted octanol–water partition coefficient (Wildman–Crippen LogP) is 3.40. The summed E-state index contributed by atoms with van der Waals surface area (Å²) in [5.41, 5.74) is 5.74. The minimum atomic E-state index is 0.0427. The summed E-state index contributed by atoms with van der Waals surface area (Å²) < 4.78 is 0. The predicted molar refractivity (Wildman–Crippen MR) is 102 cm³/mol. The topological polar surface area (TPSA) is 48.1 Å². The third-order valence-corrected chi connectivity index (χ3v) is 4.35. The first-order valence-electron chi connectivity index (χ1n) is 8.58. The van der Waals surface area contributed by atoms with Gasteiger partial charge in [-0.3, -0.25) is 4.79 Å². The Balaban J connectivity index is 1.65. The molecule has 2 N–H and O–H groups in total. The van der Waals surface area contributed by atoms with E-state index in [2.05, 4.69) is 52.5 Å². The molecule has 0 unspecified atom stereocenters. The SMILES string of the molecule is Cc1ccc2c(CC(=O)NCc3ccccc3CN(C)C)c[nH]c2c1. The molecule has 0 aliphatic carbocycles. The van der Waals surface area contributed by atoms with Gasteiger partial charge in [0.25, 0.3) is 0 Å². The van der Waals surface area contributed by atoms with Gasteiger partial charge in [0.1, 0.15) is 0 Å². The number of carbonyl (C=O) groups excluding carboxylic acids is 1. The van der Waals surface area contributed by atoms with Gasteiger partial charge in [0.2, 0.25) is 5.91 Å². The molecule has 3 aromatic rings. The fraction of sp³-hybridized carbons (Fsp3) is 0.286. The van der Waals surface area contributed by atoms with Crippen LogP contribution in [0.3, 0.4) is 0 Å². The standard InChI is InChI=1S/C21H25N3O/c1-15-8-9-19-18(13-22-20(19)10-15)11-21(25)23-12-16-6-4-5-7-17(16)14-24(2)3/h4-10,13,22H,11-12,14H2,1-3H3,(H,23,25). The molecule has 2 aromatic carbocycles. The average molecular weight is 335 g/mol. The van der Waals surface area contributed by atoms with E-state index in [1.165, 1.54) is 16.7 Å². The maximum Gasteiger partial charge on any atom is 0.224 e. The highest BCUT2D eigenvalue weighted by Gasteiger charge is 2.10. The number of carbonyl (C=O) groups is 1. The number of benzene rings is 2. The number of fused-ring (bicyclic) bond motifs is 1. The lowest BCUT2D eigenvalue weighted by atomic mass is 10.1. The van der Waals surface area contributed by atoms with Gasteiger partial charge in [0, 0.05) is 30.2 Å². The number of hydrogen-bond donors (Lipinski definition) is 2. The molecule has 4 nitrogen and oxygen atoms in total. The molecule has 0 fully saturated rings. The Morgan fingerprint density at radius 1 is 1.08 bits per heavy atom. The molecule has 0 aliphatic heterocycles. The number of aromatic nitrogens is 1. The summed E-state index contributed by atoms with van der Waals surface area (Å²) in [5.74, 6) is 0.0427. The van der Waals surface area contributed by atoms with E-state index in [9.17, 15) is 4.79 Å². The Hall–Kier alpha value is -2.59. The summed E-state index contributed by atoms with van der Waals surface area (Å²) in [6, 6.07) is 14.5. The molecule has 0 atom stereocenters. The van der Waals surface area contributed by atoms with Crippen LogP contribution in [0.25, 0.3) is 10.9 Å². The van der Waals surface area contributed by atoms with Crippen LogP contribution in [-0.2, 0) is 24.3 Å². The van der Waals surface area contributed by atoms with Crippen LogP contribution in [0.15, 0.2) is 48.7 Å². The molecule has 0 saturated heterocycles. The monoisotopic (exact) mass is 335 g/mol. The molecule has 0 bridgehead atoms. The second-order valence-electron chi connectivity index (χ2n) is 6.82. The van der Waals surface area contributed by atoms with Crippen molar-refractivity contribution in [1.82, 2.24) is 15.2 Å². The van der Waals surface area contributed by atoms with Crippen molar-refractivity contribution in [3.8, 4) is 0 Å². The summed E-state index contributed by atoms with van der Waals surface area (Å²) in [6.45, 7) is 3.50. The van der Waals surface area contributed by atoms with Gasteiger partial charge in [-0.1, -0.05) is 36.4 Å². The Morgan fingerprint density at radius 3 is 2.60 bits per heavy atom. The van der Waals surface area contributed by atoms with Gasteiger partial charge in [-0.15, -0.1) is 0 Å². The van der Waals surface area contributed by atoms with Gasteiger partial charge in [-0.2, -0.15) is 0 Å². The molecule has 0 saturated carbocycles. The highest BCUT2D eigenvalue weighted by atomic mass is 16.1. The van der Waals surface area contributed by atoms with Crippen LogP contribution < -0.4 is 5.32 Å². The summed E-state index contributed by atoms with van der Waals surface area (Å²) in [4.78, 5) is 17.8. The molecular weight excluding hydrogens is 310 g/mol. The molecule has 0 radical (unpaired) electrons. The first-order valence-corrected chi connectivity index (χ1v) is 8.58. The largest absolute Gasteiger partial charge is 0.361 e. The maximum atomic E-state index is 12.4. The van der Waals surface area contributed by atoms with Crippen molar-refractivity contribution in [1.29, 1.82) is 0 Å². The second kappa shape index (κ2) is 7.53. The van der Waals surface area contributed by atoms with E-state index in [1.807, 2.05) is 32.4 Å². The lowest BCUT2D eigenvalue weighted by molar-refractivity contribution is -0.120. The Labute approximate surface area is 148 Å². The van der Waals surface area contributed by atoms with Crippen molar-refractivity contribution in [2.75, 3.05) is 14.1 Å². The summed E-state index contributed by atoms with van der Waals surface area (Å²) in [6.07, 6.45) is 2.32. The van der Waals surface area contributed by atoms with Crippen LogP contribution >= 0.6 is 0 Å². The van der Waals surface area contributed by atoms with Crippen LogP contribution in [0.2, 0.25) is 0 Å². The summed E-state index contributed by atoms with van der Waals surface area (Å²) in [7, 11) is 4.10. The van der Waals surface area contributed by atoms with E-state index in [1.54, 1.807) is 0 Å². The van der Waals surface area contributed by atoms with Crippen molar-refractivity contribution in [2.45, 2.75) is 26.4 Å². The van der Waals surface area contributed by atoms with Crippen LogP contribution in [0.1, 0.15) is 22.3 Å². The molecule has 1 amide bonds. The Bertz CT molecular complexity index is 880. The van der Waals surface area contributed by atoms with Gasteiger partial charge in [-0.25, -0.2) is 0 Å².